The van der Waals surface area contributed by atoms with Crippen LogP contribution in [-0.2, 0) is 6.42 Å². The van der Waals surface area contributed by atoms with E-state index in [2.05, 4.69) is 0 Å². The van der Waals surface area contributed by atoms with Crippen LogP contribution in [0.5, 0.6) is 5.75 Å². The molecule has 2 aromatic carbocycles. The molecule has 0 aromatic heterocycles. The maximum absolute atomic E-state index is 13.7. The van der Waals surface area contributed by atoms with Crippen molar-refractivity contribution < 1.29 is 13.5 Å². The Morgan fingerprint density at radius 1 is 1.00 bits per heavy atom. The predicted octanol–water partition coefficient (Wildman–Crippen LogP) is 3.99. The van der Waals surface area contributed by atoms with Gasteiger partial charge in [0, 0.05) is 17.2 Å². The summed E-state index contributed by atoms with van der Waals surface area (Å²) in [5, 5.41) is 0. The topological polar surface area (TPSA) is 35.2 Å². The molecule has 0 spiro atoms. The highest BCUT2D eigenvalue weighted by atomic mass is 19.1. The van der Waals surface area contributed by atoms with E-state index in [1.165, 1.54) is 18.2 Å². The smallest absolute Gasteiger partial charge is 0.129 e. The summed E-state index contributed by atoms with van der Waals surface area (Å²) in [5.74, 6) is -0.503. The first-order valence-corrected chi connectivity index (χ1v) is 6.93. The summed E-state index contributed by atoms with van der Waals surface area (Å²) in [6.07, 6.45) is 0.0836. The predicted molar refractivity (Wildman–Crippen MR) is 79.2 cm³/mol. The van der Waals surface area contributed by atoms with Gasteiger partial charge in [-0.05, 0) is 38.5 Å². The molecule has 1 atom stereocenters. The number of halogens is 2. The van der Waals surface area contributed by atoms with E-state index in [4.69, 9.17) is 10.5 Å². The highest BCUT2D eigenvalue weighted by molar-refractivity contribution is 5.37. The van der Waals surface area contributed by atoms with Crippen molar-refractivity contribution in [3.05, 3.63) is 65.2 Å². The first-order valence-electron chi connectivity index (χ1n) is 6.93. The molecule has 0 saturated carbocycles. The van der Waals surface area contributed by atoms with Gasteiger partial charge in [0.1, 0.15) is 17.4 Å². The zero-order valence-electron chi connectivity index (χ0n) is 12.1. The molecule has 2 N–H and O–H groups in total. The number of ether oxygens (including phenoxy) is 1. The third-order valence-electron chi connectivity index (χ3n) is 3.17. The molecule has 0 aliphatic carbocycles. The van der Waals surface area contributed by atoms with Crippen LogP contribution in [-0.4, -0.2) is 6.10 Å². The normalized spacial score (nSPS) is 12.5. The molecule has 1 unspecified atom stereocenters. The largest absolute Gasteiger partial charge is 0.491 e. The Labute approximate surface area is 123 Å². The fourth-order valence-corrected chi connectivity index (χ4v) is 2.21. The number of nitrogens with two attached hydrogens (primary N) is 1. The van der Waals surface area contributed by atoms with Gasteiger partial charge in [-0.25, -0.2) is 8.78 Å². The van der Waals surface area contributed by atoms with Crippen molar-refractivity contribution >= 4 is 0 Å². The molecule has 112 valence electrons. The average Bonchev–Trinajstić information content (AvgIpc) is 2.43. The molecule has 4 heteroatoms. The van der Waals surface area contributed by atoms with E-state index in [1.807, 2.05) is 38.1 Å². The van der Waals surface area contributed by atoms with Crippen LogP contribution in [0, 0.1) is 11.6 Å². The van der Waals surface area contributed by atoms with Gasteiger partial charge in [-0.15, -0.1) is 0 Å². The van der Waals surface area contributed by atoms with Crippen LogP contribution in [0.15, 0.2) is 42.5 Å². The fourth-order valence-electron chi connectivity index (χ4n) is 2.21. The van der Waals surface area contributed by atoms with Gasteiger partial charge in [-0.2, -0.15) is 0 Å². The van der Waals surface area contributed by atoms with Crippen LogP contribution in [0.25, 0.3) is 0 Å². The number of hydrogen-bond acceptors (Lipinski definition) is 2. The number of rotatable bonds is 5. The monoisotopic (exact) mass is 291 g/mol. The van der Waals surface area contributed by atoms with E-state index in [0.717, 1.165) is 5.56 Å². The van der Waals surface area contributed by atoms with Gasteiger partial charge >= 0.3 is 0 Å². The maximum atomic E-state index is 13.7. The minimum atomic E-state index is -0.576. The Kier molecular flexibility index (Phi) is 4.91. The molecule has 21 heavy (non-hydrogen) atoms. The summed E-state index contributed by atoms with van der Waals surface area (Å²) in [4.78, 5) is 0. The van der Waals surface area contributed by atoms with Gasteiger partial charge < -0.3 is 10.5 Å². The van der Waals surface area contributed by atoms with E-state index in [1.54, 1.807) is 0 Å². The molecule has 0 bridgehead atoms. The van der Waals surface area contributed by atoms with Crippen LogP contribution in [0.2, 0.25) is 0 Å². The summed E-state index contributed by atoms with van der Waals surface area (Å²) in [6, 6.07) is 10.6. The van der Waals surface area contributed by atoms with Crippen LogP contribution >= 0.6 is 0 Å². The van der Waals surface area contributed by atoms with Crippen molar-refractivity contribution in [3.8, 4) is 5.75 Å². The third kappa shape index (κ3) is 3.79. The number of hydrogen-bond donors (Lipinski definition) is 1. The third-order valence-corrected chi connectivity index (χ3v) is 3.17. The van der Waals surface area contributed by atoms with Crippen LogP contribution < -0.4 is 10.5 Å². The van der Waals surface area contributed by atoms with E-state index in [9.17, 15) is 8.78 Å². The summed E-state index contributed by atoms with van der Waals surface area (Å²) < 4.78 is 33.1. The van der Waals surface area contributed by atoms with Gasteiger partial charge in [0.05, 0.1) is 6.10 Å². The highest BCUT2D eigenvalue weighted by Gasteiger charge is 2.17. The molecule has 2 aromatic rings. The molecule has 2 nitrogen and oxygen atoms in total. The second-order valence-electron chi connectivity index (χ2n) is 5.22. The Morgan fingerprint density at radius 3 is 2.24 bits per heavy atom. The Bertz CT molecular complexity index is 593. The Morgan fingerprint density at radius 2 is 1.62 bits per heavy atom. The van der Waals surface area contributed by atoms with Crippen LogP contribution in [0.4, 0.5) is 8.78 Å². The molecule has 0 heterocycles. The van der Waals surface area contributed by atoms with Gasteiger partial charge in [-0.1, -0.05) is 24.3 Å². The van der Waals surface area contributed by atoms with E-state index in [-0.39, 0.29) is 18.1 Å². The molecular formula is C17H19F2NO. The second-order valence-corrected chi connectivity index (χ2v) is 5.22. The minimum absolute atomic E-state index is 0.00328. The molecule has 0 fully saturated rings. The summed E-state index contributed by atoms with van der Waals surface area (Å²) in [7, 11) is 0. The van der Waals surface area contributed by atoms with Crippen molar-refractivity contribution in [2.45, 2.75) is 32.4 Å². The van der Waals surface area contributed by atoms with Crippen molar-refractivity contribution in [1.82, 2.24) is 0 Å². The Balaban J connectivity index is 2.26. The average molecular weight is 291 g/mol. The molecule has 0 aliphatic rings. The van der Waals surface area contributed by atoms with E-state index < -0.39 is 17.7 Å². The molecule has 0 amide bonds. The lowest BCUT2D eigenvalue weighted by atomic mass is 9.98. The van der Waals surface area contributed by atoms with Crippen molar-refractivity contribution in [2.75, 3.05) is 0 Å². The van der Waals surface area contributed by atoms with Gasteiger partial charge in [0.25, 0.3) is 0 Å². The zero-order chi connectivity index (χ0) is 15.4. The number of benzene rings is 2. The molecular weight excluding hydrogens is 272 g/mol. The molecule has 2 rings (SSSR count). The highest BCUT2D eigenvalue weighted by Crippen LogP contribution is 2.28. The Hall–Kier alpha value is -1.94. The molecule has 0 aliphatic heterocycles. The van der Waals surface area contributed by atoms with Gasteiger partial charge in [-0.3, -0.25) is 0 Å². The summed E-state index contributed by atoms with van der Waals surface area (Å²) in [6.45, 7) is 3.83. The van der Waals surface area contributed by atoms with Crippen molar-refractivity contribution in [1.29, 1.82) is 0 Å². The molecule has 0 saturated heterocycles. The second kappa shape index (κ2) is 6.68. The minimum Gasteiger partial charge on any atom is -0.491 e. The van der Waals surface area contributed by atoms with Crippen molar-refractivity contribution in [2.24, 2.45) is 5.73 Å². The van der Waals surface area contributed by atoms with Crippen LogP contribution in [0.1, 0.15) is 31.0 Å². The van der Waals surface area contributed by atoms with Gasteiger partial charge in [0.15, 0.2) is 0 Å². The first-order chi connectivity index (χ1) is 9.99. The quantitative estimate of drug-likeness (QED) is 0.904. The lowest BCUT2D eigenvalue weighted by Crippen LogP contribution is -2.17. The van der Waals surface area contributed by atoms with E-state index >= 15 is 0 Å². The SMILES string of the molecule is CC(C)Oc1ccccc1C(N)Cc1c(F)cccc1F. The van der Waals surface area contributed by atoms with E-state index in [0.29, 0.717) is 5.75 Å². The van der Waals surface area contributed by atoms with Crippen LogP contribution in [0.3, 0.4) is 0 Å². The molecule has 0 radical (unpaired) electrons. The summed E-state index contributed by atoms with van der Waals surface area (Å²) >= 11 is 0. The van der Waals surface area contributed by atoms with Crippen molar-refractivity contribution in [3.63, 3.8) is 0 Å². The lowest BCUT2D eigenvalue weighted by molar-refractivity contribution is 0.238. The number of para-hydroxylation sites is 1. The standard InChI is InChI=1S/C17H19F2NO/c1-11(2)21-17-9-4-3-6-12(17)16(20)10-13-14(18)7-5-8-15(13)19/h3-9,11,16H,10,20H2,1-2H3. The van der Waals surface area contributed by atoms with Gasteiger partial charge in [0.2, 0.25) is 0 Å². The zero-order valence-corrected chi connectivity index (χ0v) is 12.1. The summed E-state index contributed by atoms with van der Waals surface area (Å²) in [5.41, 5.74) is 6.88. The first kappa shape index (κ1) is 15.4. The fraction of sp³-hybridized carbons (Fsp3) is 0.294. The maximum Gasteiger partial charge on any atom is 0.129 e. The lowest BCUT2D eigenvalue weighted by Gasteiger charge is -2.19.